The number of carbonyl (C=O) groups excluding carboxylic acids is 1. The average Bonchev–Trinajstić information content (AvgIpc) is 3.19. The Morgan fingerprint density at radius 2 is 1.79 bits per heavy atom. The summed E-state index contributed by atoms with van der Waals surface area (Å²) in [6, 6.07) is 11.3. The Morgan fingerprint density at radius 1 is 1.07 bits per heavy atom. The first-order valence-corrected chi connectivity index (χ1v) is 10.5. The molecular formula is C20H23N5O3S. The zero-order valence-electron chi connectivity index (χ0n) is 16.5. The monoisotopic (exact) mass is 413 g/mol. The van der Waals surface area contributed by atoms with Gasteiger partial charge in [-0.15, -0.1) is 0 Å². The van der Waals surface area contributed by atoms with Gasteiger partial charge in [-0.2, -0.15) is 5.10 Å². The molecule has 152 valence electrons. The lowest BCUT2D eigenvalue weighted by Gasteiger charge is -2.20. The number of hydrogen-bond acceptors (Lipinski definition) is 5. The molecule has 2 N–H and O–H groups in total. The summed E-state index contributed by atoms with van der Waals surface area (Å²) in [7, 11) is -3.65. The Hall–Kier alpha value is -3.04. The fraction of sp³-hybridized carbons (Fsp3) is 0.250. The van der Waals surface area contributed by atoms with E-state index in [1.165, 1.54) is 24.3 Å². The lowest BCUT2D eigenvalue weighted by atomic mass is 10.1. The quantitative estimate of drug-likeness (QED) is 0.645. The molecule has 0 aliphatic heterocycles. The second kappa shape index (κ2) is 8.14. The van der Waals surface area contributed by atoms with Crippen LogP contribution < -0.4 is 10.0 Å². The van der Waals surface area contributed by atoms with E-state index in [9.17, 15) is 13.2 Å². The predicted octanol–water partition coefficient (Wildman–Crippen LogP) is 2.27. The van der Waals surface area contributed by atoms with E-state index in [2.05, 4.69) is 20.1 Å². The van der Waals surface area contributed by atoms with E-state index in [-0.39, 0.29) is 17.3 Å². The minimum Gasteiger partial charge on any atom is -0.348 e. The van der Waals surface area contributed by atoms with E-state index in [1.54, 1.807) is 56.2 Å². The van der Waals surface area contributed by atoms with Crippen LogP contribution in [-0.4, -0.2) is 34.6 Å². The fourth-order valence-corrected chi connectivity index (χ4v) is 4.11. The summed E-state index contributed by atoms with van der Waals surface area (Å²) in [6.07, 6.45) is 5.09. The normalized spacial score (nSPS) is 12.0. The van der Waals surface area contributed by atoms with Gasteiger partial charge in [0, 0.05) is 41.8 Å². The molecule has 29 heavy (non-hydrogen) atoms. The molecule has 0 fully saturated rings. The van der Waals surface area contributed by atoms with Crippen LogP contribution in [0.2, 0.25) is 0 Å². The van der Waals surface area contributed by atoms with Crippen molar-refractivity contribution in [1.29, 1.82) is 0 Å². The van der Waals surface area contributed by atoms with E-state index in [0.717, 1.165) is 5.56 Å². The Balaban J connectivity index is 1.70. The number of pyridine rings is 1. The second-order valence-electron chi connectivity index (χ2n) is 7.50. The molecule has 3 aromatic rings. The van der Waals surface area contributed by atoms with Crippen LogP contribution in [0.25, 0.3) is 5.82 Å². The molecule has 0 unspecified atom stereocenters. The first-order chi connectivity index (χ1) is 13.7. The molecule has 1 aromatic carbocycles. The predicted molar refractivity (Wildman–Crippen MR) is 109 cm³/mol. The van der Waals surface area contributed by atoms with E-state index >= 15 is 0 Å². The minimum absolute atomic E-state index is 0.109. The summed E-state index contributed by atoms with van der Waals surface area (Å²) in [5, 5.41) is 7.00. The highest BCUT2D eigenvalue weighted by Crippen LogP contribution is 2.15. The first kappa shape index (κ1) is 20.7. The molecule has 0 saturated heterocycles. The number of aromatic nitrogens is 3. The topological polar surface area (TPSA) is 106 Å². The van der Waals surface area contributed by atoms with Crippen LogP contribution in [0.15, 0.2) is 66.0 Å². The van der Waals surface area contributed by atoms with Crippen LogP contribution in [0.3, 0.4) is 0 Å². The van der Waals surface area contributed by atoms with Gasteiger partial charge in [0.2, 0.25) is 10.0 Å². The Morgan fingerprint density at radius 3 is 2.41 bits per heavy atom. The lowest BCUT2D eigenvalue weighted by molar-refractivity contribution is 0.0950. The Labute approximate surface area is 170 Å². The summed E-state index contributed by atoms with van der Waals surface area (Å²) in [4.78, 5) is 16.9. The number of benzene rings is 1. The maximum Gasteiger partial charge on any atom is 0.251 e. The molecular weight excluding hydrogens is 390 g/mol. The number of hydrogen-bond donors (Lipinski definition) is 2. The van der Waals surface area contributed by atoms with Crippen molar-refractivity contribution in [2.24, 2.45) is 0 Å². The molecule has 0 radical (unpaired) electrons. The summed E-state index contributed by atoms with van der Waals surface area (Å²) >= 11 is 0. The summed E-state index contributed by atoms with van der Waals surface area (Å²) < 4.78 is 28.9. The third kappa shape index (κ3) is 5.27. The molecule has 0 atom stereocenters. The molecule has 0 spiro atoms. The second-order valence-corrected chi connectivity index (χ2v) is 9.18. The van der Waals surface area contributed by atoms with Gasteiger partial charge in [0.1, 0.15) is 0 Å². The van der Waals surface area contributed by atoms with Crippen molar-refractivity contribution < 1.29 is 13.2 Å². The number of carbonyl (C=O) groups is 1. The third-order valence-corrected chi connectivity index (χ3v) is 5.67. The molecule has 9 heteroatoms. The Bertz CT molecular complexity index is 1090. The van der Waals surface area contributed by atoms with Gasteiger partial charge in [-0.1, -0.05) is 6.07 Å². The van der Waals surface area contributed by atoms with Gasteiger partial charge < -0.3 is 5.32 Å². The highest BCUT2D eigenvalue weighted by atomic mass is 32.2. The van der Waals surface area contributed by atoms with Crippen LogP contribution in [0.5, 0.6) is 0 Å². The van der Waals surface area contributed by atoms with Gasteiger partial charge in [-0.3, -0.25) is 4.79 Å². The molecule has 0 aliphatic rings. The van der Waals surface area contributed by atoms with Crippen molar-refractivity contribution in [3.05, 3.63) is 72.2 Å². The minimum atomic E-state index is -3.65. The zero-order chi connectivity index (χ0) is 21.1. The van der Waals surface area contributed by atoms with Crippen molar-refractivity contribution in [2.45, 2.75) is 37.8 Å². The molecule has 1 amide bonds. The van der Waals surface area contributed by atoms with Gasteiger partial charge >= 0.3 is 0 Å². The van der Waals surface area contributed by atoms with E-state index in [1.807, 2.05) is 6.07 Å². The van der Waals surface area contributed by atoms with Crippen LogP contribution in [0, 0.1) is 0 Å². The lowest BCUT2D eigenvalue weighted by Crippen LogP contribution is -2.40. The van der Waals surface area contributed by atoms with Gasteiger partial charge in [0.25, 0.3) is 5.91 Å². The van der Waals surface area contributed by atoms with Crippen LogP contribution in [0.4, 0.5) is 0 Å². The summed E-state index contributed by atoms with van der Waals surface area (Å²) in [6.45, 7) is 5.56. The maximum atomic E-state index is 12.5. The molecule has 0 saturated carbocycles. The van der Waals surface area contributed by atoms with Crippen molar-refractivity contribution in [2.75, 3.05) is 0 Å². The summed E-state index contributed by atoms with van der Waals surface area (Å²) in [5.41, 5.74) is 0.576. The number of rotatable bonds is 6. The van der Waals surface area contributed by atoms with Crippen molar-refractivity contribution in [3.63, 3.8) is 0 Å². The van der Waals surface area contributed by atoms with Crippen LogP contribution >= 0.6 is 0 Å². The smallest absolute Gasteiger partial charge is 0.251 e. The molecule has 0 aliphatic carbocycles. The largest absolute Gasteiger partial charge is 0.348 e. The van der Waals surface area contributed by atoms with Gasteiger partial charge in [0.05, 0.1) is 4.90 Å². The van der Waals surface area contributed by atoms with Gasteiger partial charge in [0.15, 0.2) is 5.82 Å². The standard InChI is InChI=1S/C20H23N5O3S/c1-20(2,3)24-29(27,28)17-9-7-15(8-10-17)19(26)22-14-16-6-4-11-21-18(16)25-13-5-12-23-25/h4-13,24H,14H2,1-3H3,(H,22,26). The summed E-state index contributed by atoms with van der Waals surface area (Å²) in [5.74, 6) is 0.320. The van der Waals surface area contributed by atoms with Crippen molar-refractivity contribution >= 4 is 15.9 Å². The fourth-order valence-electron chi connectivity index (χ4n) is 2.69. The molecule has 3 rings (SSSR count). The van der Waals surface area contributed by atoms with E-state index in [4.69, 9.17) is 0 Å². The number of nitrogens with one attached hydrogen (secondary N) is 2. The van der Waals surface area contributed by atoms with Gasteiger partial charge in [-0.05, 0) is 57.2 Å². The maximum absolute atomic E-state index is 12.5. The Kier molecular flexibility index (Phi) is 5.81. The molecule has 2 aromatic heterocycles. The number of amides is 1. The van der Waals surface area contributed by atoms with E-state index in [0.29, 0.717) is 11.4 Å². The van der Waals surface area contributed by atoms with Crippen molar-refractivity contribution in [3.8, 4) is 5.82 Å². The zero-order valence-corrected chi connectivity index (χ0v) is 17.3. The highest BCUT2D eigenvalue weighted by Gasteiger charge is 2.22. The van der Waals surface area contributed by atoms with Crippen molar-refractivity contribution in [1.82, 2.24) is 24.8 Å². The number of nitrogens with zero attached hydrogens (tertiary/aromatic N) is 3. The SMILES string of the molecule is CC(C)(C)NS(=O)(=O)c1ccc(C(=O)NCc2cccnc2-n2cccn2)cc1. The van der Waals surface area contributed by atoms with Crippen LogP contribution in [-0.2, 0) is 16.6 Å². The third-order valence-electron chi connectivity index (χ3n) is 3.90. The average molecular weight is 414 g/mol. The molecule has 0 bridgehead atoms. The van der Waals surface area contributed by atoms with Crippen LogP contribution in [0.1, 0.15) is 36.7 Å². The molecule has 8 nitrogen and oxygen atoms in total. The number of sulfonamides is 1. The molecule has 2 heterocycles. The van der Waals surface area contributed by atoms with Gasteiger partial charge in [-0.25, -0.2) is 22.8 Å². The first-order valence-electron chi connectivity index (χ1n) is 9.02. The highest BCUT2D eigenvalue weighted by molar-refractivity contribution is 7.89. The van der Waals surface area contributed by atoms with E-state index < -0.39 is 15.6 Å².